The van der Waals surface area contributed by atoms with Crippen LogP contribution in [-0.2, 0) is 4.79 Å². The van der Waals surface area contributed by atoms with Crippen LogP contribution in [0.5, 0.6) is 0 Å². The van der Waals surface area contributed by atoms with Gasteiger partial charge in [-0.1, -0.05) is 17.7 Å². The van der Waals surface area contributed by atoms with Crippen molar-refractivity contribution < 1.29 is 9.59 Å². The zero-order valence-corrected chi connectivity index (χ0v) is 11.4. The van der Waals surface area contributed by atoms with E-state index in [1.807, 2.05) is 32.0 Å². The highest BCUT2D eigenvalue weighted by Gasteiger charge is 2.13. The average molecular weight is 248 g/mol. The molecular formula is C14H20N2O2. The molecule has 0 aliphatic carbocycles. The molecule has 0 aromatic heterocycles. The number of rotatable bonds is 5. The molecule has 0 spiro atoms. The van der Waals surface area contributed by atoms with Crippen LogP contribution < -0.4 is 5.32 Å². The van der Waals surface area contributed by atoms with Crippen molar-refractivity contribution in [3.8, 4) is 0 Å². The molecule has 1 amide bonds. The Balaban J connectivity index is 2.70. The number of ketones is 1. The van der Waals surface area contributed by atoms with Gasteiger partial charge in [0.1, 0.15) is 0 Å². The number of amides is 1. The first-order valence-electron chi connectivity index (χ1n) is 5.93. The van der Waals surface area contributed by atoms with Crippen LogP contribution in [0, 0.1) is 13.8 Å². The summed E-state index contributed by atoms with van der Waals surface area (Å²) in [6, 6.07) is 5.83. The number of likely N-dealkylation sites (N-methyl/N-ethyl adjacent to an activating group) is 2. The Kier molecular flexibility index (Phi) is 5.04. The van der Waals surface area contributed by atoms with E-state index in [1.165, 1.54) is 0 Å². The lowest BCUT2D eigenvalue weighted by atomic mass is 10.0. The summed E-state index contributed by atoms with van der Waals surface area (Å²) in [6.45, 7) is 4.36. The minimum Gasteiger partial charge on any atom is -0.358 e. The number of aryl methyl sites for hydroxylation is 2. The molecule has 0 aliphatic rings. The van der Waals surface area contributed by atoms with Gasteiger partial charge in [0, 0.05) is 12.6 Å². The molecule has 0 saturated carbocycles. The summed E-state index contributed by atoms with van der Waals surface area (Å²) in [4.78, 5) is 25.0. The Bertz CT molecular complexity index is 455. The second kappa shape index (κ2) is 6.31. The lowest BCUT2D eigenvalue weighted by Gasteiger charge is -2.15. The summed E-state index contributed by atoms with van der Waals surface area (Å²) in [5.41, 5.74) is 2.77. The quantitative estimate of drug-likeness (QED) is 0.796. The van der Waals surface area contributed by atoms with Gasteiger partial charge in [0.05, 0.1) is 13.1 Å². The fourth-order valence-corrected chi connectivity index (χ4v) is 1.75. The standard InChI is InChI=1S/C14H20N2O2/c1-10-5-6-11(2)12(7-10)13(17)8-16(4)9-14(18)15-3/h5-7H,8-9H2,1-4H3,(H,15,18). The minimum atomic E-state index is -0.0914. The molecule has 0 atom stereocenters. The summed E-state index contributed by atoms with van der Waals surface area (Å²) in [5.74, 6) is -0.0473. The lowest BCUT2D eigenvalue weighted by Crippen LogP contribution is -2.36. The lowest BCUT2D eigenvalue weighted by molar-refractivity contribution is -0.121. The second-order valence-electron chi connectivity index (χ2n) is 4.59. The van der Waals surface area contributed by atoms with Crippen LogP contribution in [-0.4, -0.2) is 43.8 Å². The summed E-state index contributed by atoms with van der Waals surface area (Å²) in [6.07, 6.45) is 0. The molecule has 0 aliphatic heterocycles. The second-order valence-corrected chi connectivity index (χ2v) is 4.59. The molecule has 1 aromatic rings. The molecule has 0 fully saturated rings. The Labute approximate surface area is 108 Å². The Morgan fingerprint density at radius 1 is 1.22 bits per heavy atom. The van der Waals surface area contributed by atoms with E-state index in [4.69, 9.17) is 0 Å². The van der Waals surface area contributed by atoms with Gasteiger partial charge in [0.2, 0.25) is 5.91 Å². The molecule has 98 valence electrons. The van der Waals surface area contributed by atoms with Crippen molar-refractivity contribution in [3.05, 3.63) is 34.9 Å². The van der Waals surface area contributed by atoms with E-state index in [0.717, 1.165) is 16.7 Å². The maximum absolute atomic E-state index is 12.1. The monoisotopic (exact) mass is 248 g/mol. The van der Waals surface area contributed by atoms with Crippen molar-refractivity contribution in [2.24, 2.45) is 0 Å². The minimum absolute atomic E-state index is 0.0441. The highest BCUT2D eigenvalue weighted by Crippen LogP contribution is 2.11. The maximum atomic E-state index is 12.1. The van der Waals surface area contributed by atoms with Crippen LogP contribution in [0.2, 0.25) is 0 Å². The molecule has 0 bridgehead atoms. The van der Waals surface area contributed by atoms with Crippen LogP contribution in [0.3, 0.4) is 0 Å². The Hall–Kier alpha value is -1.68. The zero-order chi connectivity index (χ0) is 13.7. The highest BCUT2D eigenvalue weighted by molar-refractivity contribution is 5.99. The van der Waals surface area contributed by atoms with Gasteiger partial charge < -0.3 is 5.32 Å². The zero-order valence-electron chi connectivity index (χ0n) is 11.4. The molecule has 1 rings (SSSR count). The van der Waals surface area contributed by atoms with E-state index in [2.05, 4.69) is 5.32 Å². The SMILES string of the molecule is CNC(=O)CN(C)CC(=O)c1cc(C)ccc1C. The molecule has 4 heteroatoms. The third-order valence-electron chi connectivity index (χ3n) is 2.80. The number of carbonyl (C=O) groups is 2. The molecule has 0 saturated heterocycles. The van der Waals surface area contributed by atoms with Crippen molar-refractivity contribution >= 4 is 11.7 Å². The van der Waals surface area contributed by atoms with E-state index in [-0.39, 0.29) is 24.8 Å². The van der Waals surface area contributed by atoms with Crippen LogP contribution in [0.25, 0.3) is 0 Å². The van der Waals surface area contributed by atoms with Gasteiger partial charge in [-0.25, -0.2) is 0 Å². The summed E-state index contributed by atoms with van der Waals surface area (Å²) >= 11 is 0. The fraction of sp³-hybridized carbons (Fsp3) is 0.429. The molecule has 4 nitrogen and oxygen atoms in total. The average Bonchev–Trinajstić information content (AvgIpc) is 2.31. The van der Waals surface area contributed by atoms with Crippen LogP contribution in [0.15, 0.2) is 18.2 Å². The topological polar surface area (TPSA) is 49.4 Å². The number of nitrogens with one attached hydrogen (secondary N) is 1. The largest absolute Gasteiger partial charge is 0.358 e. The third kappa shape index (κ3) is 3.96. The summed E-state index contributed by atoms with van der Waals surface area (Å²) in [7, 11) is 3.35. The molecule has 0 radical (unpaired) electrons. The molecule has 18 heavy (non-hydrogen) atoms. The summed E-state index contributed by atoms with van der Waals surface area (Å²) in [5, 5.41) is 2.54. The van der Waals surface area contributed by atoms with Crippen molar-refractivity contribution in [2.75, 3.05) is 27.2 Å². The molecule has 1 N–H and O–H groups in total. The van der Waals surface area contributed by atoms with Crippen LogP contribution in [0.4, 0.5) is 0 Å². The number of carbonyl (C=O) groups excluding carboxylic acids is 2. The molecule has 1 aromatic carbocycles. The third-order valence-corrected chi connectivity index (χ3v) is 2.80. The van der Waals surface area contributed by atoms with Crippen molar-refractivity contribution in [3.63, 3.8) is 0 Å². The van der Waals surface area contributed by atoms with Gasteiger partial charge in [-0.05, 0) is 32.5 Å². The maximum Gasteiger partial charge on any atom is 0.233 e. The van der Waals surface area contributed by atoms with E-state index in [9.17, 15) is 9.59 Å². The number of nitrogens with zero attached hydrogens (tertiary/aromatic N) is 1. The molecular weight excluding hydrogens is 228 g/mol. The first-order chi connectivity index (χ1) is 8.43. The van der Waals surface area contributed by atoms with E-state index < -0.39 is 0 Å². The first kappa shape index (κ1) is 14.4. The normalized spacial score (nSPS) is 10.5. The van der Waals surface area contributed by atoms with Gasteiger partial charge in [0.15, 0.2) is 5.78 Å². The van der Waals surface area contributed by atoms with E-state index in [1.54, 1.807) is 19.0 Å². The number of benzene rings is 1. The highest BCUT2D eigenvalue weighted by atomic mass is 16.2. The van der Waals surface area contributed by atoms with Crippen molar-refractivity contribution in [2.45, 2.75) is 13.8 Å². The first-order valence-corrected chi connectivity index (χ1v) is 5.93. The Morgan fingerprint density at radius 3 is 2.50 bits per heavy atom. The van der Waals surface area contributed by atoms with Crippen molar-refractivity contribution in [1.29, 1.82) is 0 Å². The Morgan fingerprint density at radius 2 is 1.89 bits per heavy atom. The molecule has 0 heterocycles. The van der Waals surface area contributed by atoms with Gasteiger partial charge in [0.25, 0.3) is 0 Å². The number of Topliss-reactive ketones (excluding diaryl/α,β-unsaturated/α-hetero) is 1. The predicted molar refractivity (Wildman–Crippen MR) is 71.8 cm³/mol. The van der Waals surface area contributed by atoms with Crippen molar-refractivity contribution in [1.82, 2.24) is 10.2 Å². The summed E-state index contributed by atoms with van der Waals surface area (Å²) < 4.78 is 0. The molecule has 0 unspecified atom stereocenters. The van der Waals surface area contributed by atoms with Gasteiger partial charge in [-0.3, -0.25) is 14.5 Å². The number of hydrogen-bond donors (Lipinski definition) is 1. The van der Waals surface area contributed by atoms with Gasteiger partial charge in [-0.15, -0.1) is 0 Å². The van der Waals surface area contributed by atoms with Gasteiger partial charge >= 0.3 is 0 Å². The van der Waals surface area contributed by atoms with Crippen LogP contribution >= 0.6 is 0 Å². The van der Waals surface area contributed by atoms with Crippen LogP contribution in [0.1, 0.15) is 21.5 Å². The predicted octanol–water partition coefficient (Wildman–Crippen LogP) is 1.16. The van der Waals surface area contributed by atoms with E-state index in [0.29, 0.717) is 0 Å². The smallest absolute Gasteiger partial charge is 0.233 e. The number of hydrogen-bond acceptors (Lipinski definition) is 3. The fourth-order valence-electron chi connectivity index (χ4n) is 1.75. The van der Waals surface area contributed by atoms with Gasteiger partial charge in [-0.2, -0.15) is 0 Å². The van der Waals surface area contributed by atoms with E-state index >= 15 is 0 Å².